The SMILES string of the molecule is CC.COC(=O)N(C)CC1CN(C(C)C)C1. The Morgan fingerprint density at radius 1 is 1.44 bits per heavy atom. The van der Waals surface area contributed by atoms with E-state index in [1.54, 1.807) is 11.9 Å². The van der Waals surface area contributed by atoms with Crippen LogP contribution in [0.4, 0.5) is 4.79 Å². The van der Waals surface area contributed by atoms with Crippen LogP contribution in [0.15, 0.2) is 0 Å². The Morgan fingerprint density at radius 3 is 2.31 bits per heavy atom. The Hall–Kier alpha value is -0.770. The lowest BCUT2D eigenvalue weighted by atomic mass is 9.98. The molecule has 4 heteroatoms. The third kappa shape index (κ3) is 4.39. The number of amides is 1. The van der Waals surface area contributed by atoms with Crippen molar-refractivity contribution in [3.63, 3.8) is 0 Å². The summed E-state index contributed by atoms with van der Waals surface area (Å²) in [4.78, 5) is 15.1. The minimum absolute atomic E-state index is 0.243. The number of methoxy groups -OCH3 is 1. The highest BCUT2D eigenvalue weighted by molar-refractivity contribution is 5.66. The molecular weight excluding hydrogens is 204 g/mol. The average molecular weight is 230 g/mol. The van der Waals surface area contributed by atoms with Gasteiger partial charge in [-0.3, -0.25) is 0 Å². The maximum Gasteiger partial charge on any atom is 0.409 e. The molecule has 0 bridgehead atoms. The summed E-state index contributed by atoms with van der Waals surface area (Å²) < 4.78 is 4.63. The standard InChI is InChI=1S/C10H20N2O2.C2H6/c1-8(2)12-6-9(7-12)5-11(3)10(13)14-4;1-2/h8-9H,5-7H2,1-4H3;1-2H3. The van der Waals surface area contributed by atoms with E-state index in [4.69, 9.17) is 0 Å². The van der Waals surface area contributed by atoms with E-state index < -0.39 is 0 Å². The molecule has 1 heterocycles. The van der Waals surface area contributed by atoms with Crippen LogP contribution < -0.4 is 0 Å². The number of nitrogens with zero attached hydrogens (tertiary/aromatic N) is 2. The normalized spacial score (nSPS) is 16.2. The molecule has 0 unspecified atom stereocenters. The van der Waals surface area contributed by atoms with Crippen LogP contribution in [0, 0.1) is 5.92 Å². The zero-order valence-electron chi connectivity index (χ0n) is 11.5. The smallest absolute Gasteiger partial charge is 0.409 e. The van der Waals surface area contributed by atoms with E-state index in [0.29, 0.717) is 12.0 Å². The number of hydrogen-bond donors (Lipinski definition) is 0. The second-order valence-corrected chi connectivity index (χ2v) is 4.26. The first-order valence-corrected chi connectivity index (χ1v) is 6.07. The van der Waals surface area contributed by atoms with Gasteiger partial charge in [0.1, 0.15) is 0 Å². The highest BCUT2D eigenvalue weighted by Gasteiger charge is 2.30. The van der Waals surface area contributed by atoms with E-state index in [0.717, 1.165) is 19.6 Å². The van der Waals surface area contributed by atoms with Crippen LogP contribution in [0.25, 0.3) is 0 Å². The van der Waals surface area contributed by atoms with Crippen molar-refractivity contribution in [2.24, 2.45) is 5.92 Å². The van der Waals surface area contributed by atoms with Crippen LogP contribution in [0.1, 0.15) is 27.7 Å². The van der Waals surface area contributed by atoms with Crippen molar-refractivity contribution in [2.45, 2.75) is 33.7 Å². The van der Waals surface area contributed by atoms with Gasteiger partial charge in [-0.2, -0.15) is 0 Å². The number of likely N-dealkylation sites (tertiary alicyclic amines) is 1. The van der Waals surface area contributed by atoms with E-state index in [1.807, 2.05) is 13.8 Å². The monoisotopic (exact) mass is 230 g/mol. The van der Waals surface area contributed by atoms with E-state index >= 15 is 0 Å². The van der Waals surface area contributed by atoms with Gasteiger partial charge in [0.25, 0.3) is 0 Å². The molecule has 0 aromatic carbocycles. The molecule has 0 saturated carbocycles. The lowest BCUT2D eigenvalue weighted by Gasteiger charge is -2.43. The summed E-state index contributed by atoms with van der Waals surface area (Å²) in [7, 11) is 3.20. The summed E-state index contributed by atoms with van der Waals surface area (Å²) >= 11 is 0. The van der Waals surface area contributed by atoms with Gasteiger partial charge in [0.05, 0.1) is 7.11 Å². The number of carbonyl (C=O) groups excluding carboxylic acids is 1. The third-order valence-electron chi connectivity index (χ3n) is 2.73. The van der Waals surface area contributed by atoms with E-state index in [1.165, 1.54) is 7.11 Å². The first-order chi connectivity index (χ1) is 7.54. The van der Waals surface area contributed by atoms with Crippen molar-refractivity contribution in [2.75, 3.05) is 33.8 Å². The molecule has 1 amide bonds. The maximum atomic E-state index is 11.1. The summed E-state index contributed by atoms with van der Waals surface area (Å²) in [5.41, 5.74) is 0. The number of carbonyl (C=O) groups is 1. The summed E-state index contributed by atoms with van der Waals surface area (Å²) in [6.45, 7) is 11.4. The predicted molar refractivity (Wildman–Crippen MR) is 66.6 cm³/mol. The summed E-state index contributed by atoms with van der Waals surface area (Å²) in [6.07, 6.45) is -0.243. The molecule has 0 aromatic rings. The van der Waals surface area contributed by atoms with E-state index in [2.05, 4.69) is 23.5 Å². The van der Waals surface area contributed by atoms with E-state index in [-0.39, 0.29) is 6.09 Å². The molecule has 1 aliphatic heterocycles. The van der Waals surface area contributed by atoms with Crippen LogP contribution in [0.2, 0.25) is 0 Å². The average Bonchev–Trinajstić information content (AvgIpc) is 2.23. The van der Waals surface area contributed by atoms with Crippen LogP contribution in [-0.2, 0) is 4.74 Å². The van der Waals surface area contributed by atoms with Crippen LogP contribution in [-0.4, -0.2) is 55.7 Å². The minimum atomic E-state index is -0.243. The maximum absolute atomic E-state index is 11.1. The molecule has 16 heavy (non-hydrogen) atoms. The molecule has 0 aromatic heterocycles. The Bertz CT molecular complexity index is 201. The first-order valence-electron chi connectivity index (χ1n) is 6.07. The zero-order valence-corrected chi connectivity index (χ0v) is 11.5. The molecule has 1 aliphatic rings. The number of rotatable bonds is 3. The first kappa shape index (κ1) is 15.2. The number of ether oxygens (including phenoxy) is 1. The highest BCUT2D eigenvalue weighted by atomic mass is 16.5. The lowest BCUT2D eigenvalue weighted by molar-refractivity contribution is 0.0449. The Kier molecular flexibility index (Phi) is 7.13. The second kappa shape index (κ2) is 7.49. The lowest BCUT2D eigenvalue weighted by Crippen LogP contribution is -2.54. The fraction of sp³-hybridized carbons (Fsp3) is 0.917. The Labute approximate surface area is 99.5 Å². The quantitative estimate of drug-likeness (QED) is 0.744. The zero-order chi connectivity index (χ0) is 12.7. The van der Waals surface area contributed by atoms with Gasteiger partial charge in [0, 0.05) is 38.6 Å². The fourth-order valence-electron chi connectivity index (χ4n) is 1.76. The summed E-state index contributed by atoms with van der Waals surface area (Å²) in [6, 6.07) is 0.620. The van der Waals surface area contributed by atoms with Gasteiger partial charge in [0.15, 0.2) is 0 Å². The van der Waals surface area contributed by atoms with Crippen molar-refractivity contribution < 1.29 is 9.53 Å². The number of hydrogen-bond acceptors (Lipinski definition) is 3. The van der Waals surface area contributed by atoms with Crippen LogP contribution >= 0.6 is 0 Å². The van der Waals surface area contributed by atoms with Crippen molar-refractivity contribution in [3.05, 3.63) is 0 Å². The van der Waals surface area contributed by atoms with Crippen LogP contribution in [0.3, 0.4) is 0 Å². The molecule has 0 atom stereocenters. The third-order valence-corrected chi connectivity index (χ3v) is 2.73. The molecule has 0 radical (unpaired) electrons. The van der Waals surface area contributed by atoms with E-state index in [9.17, 15) is 4.79 Å². The minimum Gasteiger partial charge on any atom is -0.453 e. The van der Waals surface area contributed by atoms with Crippen molar-refractivity contribution in [1.82, 2.24) is 9.80 Å². The summed E-state index contributed by atoms with van der Waals surface area (Å²) in [5, 5.41) is 0. The summed E-state index contributed by atoms with van der Waals surface area (Å²) in [5.74, 6) is 0.612. The molecule has 1 saturated heterocycles. The molecule has 4 nitrogen and oxygen atoms in total. The molecule has 96 valence electrons. The Morgan fingerprint density at radius 2 is 1.94 bits per heavy atom. The van der Waals surface area contributed by atoms with Gasteiger partial charge in [0.2, 0.25) is 0 Å². The van der Waals surface area contributed by atoms with Gasteiger partial charge in [-0.25, -0.2) is 4.79 Å². The van der Waals surface area contributed by atoms with Crippen molar-refractivity contribution in [1.29, 1.82) is 0 Å². The van der Waals surface area contributed by atoms with Gasteiger partial charge >= 0.3 is 6.09 Å². The van der Waals surface area contributed by atoms with Gasteiger partial charge in [-0.1, -0.05) is 13.8 Å². The van der Waals surface area contributed by atoms with Gasteiger partial charge in [-0.15, -0.1) is 0 Å². The molecule has 0 N–H and O–H groups in total. The molecule has 0 spiro atoms. The van der Waals surface area contributed by atoms with Gasteiger partial charge < -0.3 is 14.5 Å². The molecular formula is C12H26N2O2. The fourth-order valence-corrected chi connectivity index (χ4v) is 1.76. The highest BCUT2D eigenvalue weighted by Crippen LogP contribution is 2.18. The second-order valence-electron chi connectivity index (χ2n) is 4.26. The van der Waals surface area contributed by atoms with Crippen molar-refractivity contribution in [3.8, 4) is 0 Å². The van der Waals surface area contributed by atoms with Crippen molar-refractivity contribution >= 4 is 6.09 Å². The molecule has 0 aliphatic carbocycles. The molecule has 1 fully saturated rings. The largest absolute Gasteiger partial charge is 0.453 e. The molecule has 1 rings (SSSR count). The van der Waals surface area contributed by atoms with Gasteiger partial charge in [-0.05, 0) is 13.8 Å². The Balaban J connectivity index is 0.00000106. The van der Waals surface area contributed by atoms with Crippen LogP contribution in [0.5, 0.6) is 0 Å². The predicted octanol–water partition coefficient (Wildman–Crippen LogP) is 2.05. The topological polar surface area (TPSA) is 32.8 Å².